The van der Waals surface area contributed by atoms with Crippen molar-refractivity contribution in [3.8, 4) is 0 Å². The molecule has 0 radical (unpaired) electrons. The van der Waals surface area contributed by atoms with Crippen LogP contribution < -0.4 is 11.3 Å². The quantitative estimate of drug-likeness (QED) is 0.731. The second kappa shape index (κ2) is 4.46. The lowest BCUT2D eigenvalue weighted by Gasteiger charge is -2.25. The van der Waals surface area contributed by atoms with Gasteiger partial charge in [-0.3, -0.25) is 14.3 Å². The molecular weight excluding hydrogens is 300 g/mol. The Morgan fingerprint density at radius 3 is 2.86 bits per heavy atom. The number of imidazole rings is 1. The molecule has 4 N–H and O–H groups in total. The van der Waals surface area contributed by atoms with Gasteiger partial charge in [0, 0.05) is 0 Å². The monoisotopic (exact) mass is 315 g/mol. The number of nitrogens with one attached hydrogen (secondary N) is 1. The molecule has 2 aromatic heterocycles. The summed E-state index contributed by atoms with van der Waals surface area (Å²) in [5.74, 6) is -3.97. The van der Waals surface area contributed by atoms with Crippen molar-refractivity contribution in [2.24, 2.45) is 5.92 Å². The second-order valence-corrected chi connectivity index (χ2v) is 5.56. The van der Waals surface area contributed by atoms with Crippen molar-refractivity contribution in [1.29, 1.82) is 0 Å². The van der Waals surface area contributed by atoms with Gasteiger partial charge in [0.2, 0.25) is 11.8 Å². The number of nitrogens with zero attached hydrogens (tertiary/aromatic N) is 3. The number of hydrogen-bond donors (Lipinski definition) is 3. The third-order valence-electron chi connectivity index (χ3n) is 4.20. The Morgan fingerprint density at radius 2 is 2.27 bits per heavy atom. The Bertz CT molecular complexity index is 789. The molecule has 22 heavy (non-hydrogen) atoms. The van der Waals surface area contributed by atoms with Crippen LogP contribution in [0.4, 0.5) is 14.7 Å². The maximum absolute atomic E-state index is 15.0. The normalized spacial score (nSPS) is 35.3. The minimum Gasteiger partial charge on any atom is -0.390 e. The molecule has 0 unspecified atom stereocenters. The zero-order chi connectivity index (χ0) is 16.3. The molecule has 1 aliphatic heterocycles. The number of rotatable bonds is 2. The summed E-state index contributed by atoms with van der Waals surface area (Å²) in [4.78, 5) is 21.7. The van der Waals surface area contributed by atoms with Gasteiger partial charge in [-0.25, -0.2) is 13.8 Å². The molecule has 8 nitrogen and oxygen atoms in total. The average Bonchev–Trinajstić information content (AvgIpc) is 2.93. The maximum Gasteiger partial charge on any atom is 0.280 e. The van der Waals surface area contributed by atoms with Crippen LogP contribution in [0, 0.1) is 5.92 Å². The molecular formula is C12H15F2N5O3. The van der Waals surface area contributed by atoms with Gasteiger partial charge in [-0.1, -0.05) is 6.92 Å². The van der Waals surface area contributed by atoms with Crippen molar-refractivity contribution in [2.75, 3.05) is 12.3 Å². The van der Waals surface area contributed by atoms with Gasteiger partial charge < -0.3 is 15.6 Å². The molecule has 0 saturated carbocycles. The van der Waals surface area contributed by atoms with Crippen molar-refractivity contribution in [2.45, 2.75) is 31.6 Å². The number of H-pyrrole nitrogens is 1. The number of halogens is 2. The van der Waals surface area contributed by atoms with Gasteiger partial charge in [0.25, 0.3) is 5.56 Å². The molecule has 0 aliphatic carbocycles. The fourth-order valence-corrected chi connectivity index (χ4v) is 2.66. The number of aromatic amines is 1. The zero-order valence-electron chi connectivity index (χ0n) is 11.9. The second-order valence-electron chi connectivity index (χ2n) is 5.56. The molecule has 120 valence electrons. The van der Waals surface area contributed by atoms with Crippen molar-refractivity contribution in [3.05, 3.63) is 16.7 Å². The Balaban J connectivity index is 2.18. The highest BCUT2D eigenvalue weighted by atomic mass is 19.2. The smallest absolute Gasteiger partial charge is 0.280 e. The van der Waals surface area contributed by atoms with Crippen LogP contribution in [0.3, 0.4) is 0 Å². The molecule has 0 spiro atoms. The Kier molecular flexibility index (Phi) is 3.01. The van der Waals surface area contributed by atoms with Crippen LogP contribution in [0.2, 0.25) is 0 Å². The maximum atomic E-state index is 15.0. The van der Waals surface area contributed by atoms with E-state index in [1.165, 1.54) is 6.92 Å². The topological polar surface area (TPSA) is 119 Å². The van der Waals surface area contributed by atoms with E-state index in [0.717, 1.165) is 17.8 Å². The van der Waals surface area contributed by atoms with Gasteiger partial charge in [-0.2, -0.15) is 4.98 Å². The summed E-state index contributed by atoms with van der Waals surface area (Å²) in [7, 11) is 0. The lowest BCUT2D eigenvalue weighted by Crippen LogP contribution is -2.39. The van der Waals surface area contributed by atoms with Gasteiger partial charge in [0.05, 0.1) is 12.2 Å². The van der Waals surface area contributed by atoms with E-state index >= 15 is 0 Å². The SMILES string of the molecule is C[C@H]1[C@@](C)(F)[C@@H](n2cnc3c(=O)[nH]c(N)nc32)O[C@]1(F)CO. The van der Waals surface area contributed by atoms with E-state index in [0.29, 0.717) is 0 Å². The minimum atomic E-state index is -2.54. The molecule has 0 amide bonds. The number of aliphatic hydroxyl groups excluding tert-OH is 1. The minimum absolute atomic E-state index is 0.0236. The predicted octanol–water partition coefficient (Wildman–Crippen LogP) is 0.253. The van der Waals surface area contributed by atoms with Crippen molar-refractivity contribution < 1.29 is 18.6 Å². The van der Waals surface area contributed by atoms with Crippen LogP contribution in [0.15, 0.2) is 11.1 Å². The van der Waals surface area contributed by atoms with E-state index in [2.05, 4.69) is 15.0 Å². The summed E-state index contributed by atoms with van der Waals surface area (Å²) in [6.07, 6.45) is -0.316. The van der Waals surface area contributed by atoms with Crippen molar-refractivity contribution in [3.63, 3.8) is 0 Å². The summed E-state index contributed by atoms with van der Waals surface area (Å²) in [5, 5.41) is 9.16. The lowest BCUT2D eigenvalue weighted by atomic mass is 9.88. The fraction of sp³-hybridized carbons (Fsp3) is 0.583. The van der Waals surface area contributed by atoms with Crippen LogP contribution in [0.25, 0.3) is 11.2 Å². The standard InChI is InChI=1S/C12H15F2N5O3/c1-5-11(2,13)9(22-12(5,14)3-20)19-4-16-6-7(19)17-10(15)18-8(6)21/h4-5,9,20H,3H2,1-2H3,(H3,15,17,18,21)/t5-,9-,11+,12+/m0/s1. The fourth-order valence-electron chi connectivity index (χ4n) is 2.66. The van der Waals surface area contributed by atoms with E-state index in [1.807, 2.05) is 0 Å². The third kappa shape index (κ3) is 1.83. The number of fused-ring (bicyclic) bond motifs is 1. The van der Waals surface area contributed by atoms with Gasteiger partial charge in [0.15, 0.2) is 23.1 Å². The van der Waals surface area contributed by atoms with E-state index in [4.69, 9.17) is 15.6 Å². The lowest BCUT2D eigenvalue weighted by molar-refractivity contribution is -0.191. The largest absolute Gasteiger partial charge is 0.390 e. The molecule has 1 saturated heterocycles. The van der Waals surface area contributed by atoms with Crippen molar-refractivity contribution in [1.82, 2.24) is 19.5 Å². The Hall–Kier alpha value is -2.07. The van der Waals surface area contributed by atoms with Crippen LogP contribution >= 0.6 is 0 Å². The number of anilines is 1. The van der Waals surface area contributed by atoms with Crippen LogP contribution in [0.1, 0.15) is 20.1 Å². The van der Waals surface area contributed by atoms with Crippen LogP contribution in [-0.2, 0) is 4.74 Å². The number of hydrogen-bond acceptors (Lipinski definition) is 6. The van der Waals surface area contributed by atoms with Crippen LogP contribution in [0.5, 0.6) is 0 Å². The first kappa shape index (κ1) is 14.9. The molecule has 1 aliphatic rings. The molecule has 0 aromatic carbocycles. The summed E-state index contributed by atoms with van der Waals surface area (Å²) in [6, 6.07) is 0. The number of ether oxygens (including phenoxy) is 1. The highest BCUT2D eigenvalue weighted by molar-refractivity contribution is 5.70. The third-order valence-corrected chi connectivity index (χ3v) is 4.20. The average molecular weight is 315 g/mol. The molecule has 1 fully saturated rings. The molecule has 0 bridgehead atoms. The summed E-state index contributed by atoms with van der Waals surface area (Å²) >= 11 is 0. The summed E-state index contributed by atoms with van der Waals surface area (Å²) in [6.45, 7) is 1.46. The predicted molar refractivity (Wildman–Crippen MR) is 72.3 cm³/mol. The first-order valence-corrected chi connectivity index (χ1v) is 6.59. The Morgan fingerprint density at radius 1 is 1.59 bits per heavy atom. The van der Waals surface area contributed by atoms with E-state index < -0.39 is 35.8 Å². The summed E-state index contributed by atoms with van der Waals surface area (Å²) in [5.41, 5.74) is 2.62. The van der Waals surface area contributed by atoms with E-state index in [9.17, 15) is 13.6 Å². The number of alkyl halides is 2. The molecule has 2 aromatic rings. The number of nitrogens with two attached hydrogens (primary N) is 1. The van der Waals surface area contributed by atoms with Gasteiger partial charge in [-0.15, -0.1) is 0 Å². The summed E-state index contributed by atoms with van der Waals surface area (Å²) < 4.78 is 35.6. The first-order chi connectivity index (χ1) is 10.2. The number of nitrogen functional groups attached to an aromatic ring is 1. The van der Waals surface area contributed by atoms with Crippen LogP contribution in [-0.4, -0.2) is 42.8 Å². The number of aliphatic hydroxyl groups is 1. The van der Waals surface area contributed by atoms with Gasteiger partial charge >= 0.3 is 0 Å². The molecule has 3 rings (SSSR count). The van der Waals surface area contributed by atoms with Crippen molar-refractivity contribution >= 4 is 17.1 Å². The van der Waals surface area contributed by atoms with Gasteiger partial charge in [-0.05, 0) is 6.92 Å². The van der Waals surface area contributed by atoms with E-state index in [-0.39, 0.29) is 17.1 Å². The zero-order valence-corrected chi connectivity index (χ0v) is 11.9. The molecule has 3 heterocycles. The molecule has 10 heteroatoms. The first-order valence-electron chi connectivity index (χ1n) is 6.59. The van der Waals surface area contributed by atoms with E-state index in [1.54, 1.807) is 0 Å². The van der Waals surface area contributed by atoms with Gasteiger partial charge in [0.1, 0.15) is 6.61 Å². The number of aromatic nitrogens is 4. The molecule has 4 atom stereocenters. The highest BCUT2D eigenvalue weighted by Crippen LogP contribution is 2.51. The Labute approximate surface area is 122 Å². The highest BCUT2D eigenvalue weighted by Gasteiger charge is 2.62.